The number of rotatable bonds is 2. The van der Waals surface area contributed by atoms with Crippen molar-refractivity contribution >= 4 is 22.2 Å². The van der Waals surface area contributed by atoms with E-state index >= 15 is 0 Å². The second-order valence-corrected chi connectivity index (χ2v) is 2.54. The lowest BCUT2D eigenvalue weighted by Gasteiger charge is -1.97. The fraction of sp³-hybridized carbons (Fsp3) is 0.125. The van der Waals surface area contributed by atoms with Gasteiger partial charge in [-0.3, -0.25) is 0 Å². The lowest BCUT2D eigenvalue weighted by Crippen LogP contribution is -1.97. The summed E-state index contributed by atoms with van der Waals surface area (Å²) < 4.78 is 4.32. The zero-order chi connectivity index (χ0) is 8.97. The van der Waals surface area contributed by atoms with E-state index in [1.165, 1.54) is 0 Å². The van der Waals surface area contributed by atoms with Gasteiger partial charge in [-0.1, -0.05) is 12.1 Å². The fourth-order valence-corrected chi connectivity index (χ4v) is 0.978. The van der Waals surface area contributed by atoms with Crippen molar-refractivity contribution < 1.29 is 13.7 Å². The largest absolute Gasteiger partial charge is 0.392 e. The Labute approximate surface area is 78.4 Å². The van der Waals surface area contributed by atoms with E-state index in [1.807, 2.05) is 0 Å². The number of benzene rings is 1. The molecule has 0 amide bonds. The monoisotopic (exact) mass is 230 g/mol. The van der Waals surface area contributed by atoms with E-state index < -0.39 is 5.97 Å². The average molecular weight is 231 g/mol. The molecule has 0 aliphatic rings. The van der Waals surface area contributed by atoms with Crippen molar-refractivity contribution in [2.45, 2.75) is 6.61 Å². The predicted octanol–water partition coefficient (Wildman–Crippen LogP) is 1.65. The van der Waals surface area contributed by atoms with Gasteiger partial charge in [0.15, 0.2) is 16.3 Å². The van der Waals surface area contributed by atoms with Crippen LogP contribution in [0.5, 0.6) is 0 Å². The average Bonchev–Trinajstić information content (AvgIpc) is 2.17. The van der Waals surface area contributed by atoms with Crippen LogP contribution in [0.3, 0.4) is 0 Å². The molecule has 0 aromatic heterocycles. The van der Waals surface area contributed by atoms with Gasteiger partial charge in [-0.15, -0.1) is 0 Å². The molecule has 1 N–H and O–H groups in total. The highest BCUT2D eigenvalue weighted by molar-refractivity contribution is 9.06. The second kappa shape index (κ2) is 4.23. The third-order valence-corrected chi connectivity index (χ3v) is 1.74. The molecule has 0 spiro atoms. The van der Waals surface area contributed by atoms with Crippen molar-refractivity contribution in [3.05, 3.63) is 35.4 Å². The van der Waals surface area contributed by atoms with Gasteiger partial charge in [0.25, 0.3) is 0 Å². The van der Waals surface area contributed by atoms with Gasteiger partial charge in [0, 0.05) is 0 Å². The van der Waals surface area contributed by atoms with Crippen molar-refractivity contribution in [2.75, 3.05) is 0 Å². The minimum absolute atomic E-state index is 0.0242. The predicted molar refractivity (Wildman–Crippen MR) is 46.7 cm³/mol. The number of carbonyl (C=O) groups excluding carboxylic acids is 1. The minimum Gasteiger partial charge on any atom is -0.392 e. The maximum atomic E-state index is 10.9. The van der Waals surface area contributed by atoms with E-state index in [0.717, 1.165) is 5.56 Å². The first kappa shape index (κ1) is 9.22. The van der Waals surface area contributed by atoms with Crippen LogP contribution in [0.1, 0.15) is 15.9 Å². The highest BCUT2D eigenvalue weighted by Crippen LogP contribution is 2.06. The summed E-state index contributed by atoms with van der Waals surface area (Å²) in [5.74, 6) is -0.445. The van der Waals surface area contributed by atoms with E-state index in [0.29, 0.717) is 5.56 Å². The number of hydrogen-bond donors (Lipinski definition) is 1. The first-order valence-corrected chi connectivity index (χ1v) is 3.95. The molecule has 3 nitrogen and oxygen atoms in total. The summed E-state index contributed by atoms with van der Waals surface area (Å²) in [7, 11) is 0. The lowest BCUT2D eigenvalue weighted by atomic mass is 10.1. The van der Waals surface area contributed by atoms with Crippen molar-refractivity contribution in [3.8, 4) is 0 Å². The maximum Gasteiger partial charge on any atom is 0.349 e. The molecule has 0 radical (unpaired) electrons. The van der Waals surface area contributed by atoms with Crippen LogP contribution in [0.2, 0.25) is 0 Å². The highest BCUT2D eigenvalue weighted by atomic mass is 79.9. The Balaban J connectivity index is 2.84. The van der Waals surface area contributed by atoms with Crippen LogP contribution in [0, 0.1) is 0 Å². The smallest absolute Gasteiger partial charge is 0.349 e. The van der Waals surface area contributed by atoms with Gasteiger partial charge >= 0.3 is 5.97 Å². The van der Waals surface area contributed by atoms with Gasteiger partial charge < -0.3 is 8.93 Å². The summed E-state index contributed by atoms with van der Waals surface area (Å²) in [4.78, 5) is 10.9. The van der Waals surface area contributed by atoms with Crippen molar-refractivity contribution in [1.82, 2.24) is 0 Å². The highest BCUT2D eigenvalue weighted by Gasteiger charge is 2.04. The van der Waals surface area contributed by atoms with Crippen LogP contribution >= 0.6 is 16.3 Å². The summed E-state index contributed by atoms with van der Waals surface area (Å²) >= 11 is 2.59. The van der Waals surface area contributed by atoms with Crippen LogP contribution in [-0.2, 0) is 10.4 Å². The standard InChI is InChI=1S/C8H7BrO3/c9-12-8(11)7-3-1-6(5-10)2-4-7/h1-4,10H,5H2. The Kier molecular flexibility index (Phi) is 3.25. The molecule has 0 heterocycles. The van der Waals surface area contributed by atoms with Crippen molar-refractivity contribution in [2.24, 2.45) is 0 Å². The first-order valence-electron chi connectivity index (χ1n) is 3.30. The van der Waals surface area contributed by atoms with Crippen LogP contribution in [0.25, 0.3) is 0 Å². The van der Waals surface area contributed by atoms with Gasteiger partial charge in [-0.25, -0.2) is 4.79 Å². The van der Waals surface area contributed by atoms with Crippen molar-refractivity contribution in [1.29, 1.82) is 0 Å². The normalized spacial score (nSPS) is 9.50. The molecule has 1 aromatic rings. The molecule has 0 saturated carbocycles. The summed E-state index contributed by atoms with van der Waals surface area (Å²) in [6.07, 6.45) is 0. The molecular weight excluding hydrogens is 224 g/mol. The van der Waals surface area contributed by atoms with Gasteiger partial charge in [-0.2, -0.15) is 0 Å². The molecule has 1 rings (SSSR count). The second-order valence-electron chi connectivity index (χ2n) is 2.22. The maximum absolute atomic E-state index is 10.9. The molecule has 0 atom stereocenters. The van der Waals surface area contributed by atoms with Crippen LogP contribution < -0.4 is 0 Å². The van der Waals surface area contributed by atoms with Gasteiger partial charge in [0.05, 0.1) is 12.2 Å². The molecule has 1 aromatic carbocycles. The van der Waals surface area contributed by atoms with Crippen molar-refractivity contribution in [3.63, 3.8) is 0 Å². The molecule has 0 aliphatic carbocycles. The molecule has 12 heavy (non-hydrogen) atoms. The quantitative estimate of drug-likeness (QED) is 0.841. The number of halogens is 1. The van der Waals surface area contributed by atoms with E-state index in [4.69, 9.17) is 5.11 Å². The van der Waals surface area contributed by atoms with E-state index in [1.54, 1.807) is 24.3 Å². The van der Waals surface area contributed by atoms with E-state index in [2.05, 4.69) is 20.1 Å². The number of hydrogen-bond acceptors (Lipinski definition) is 3. The molecule has 0 aliphatic heterocycles. The Morgan fingerprint density at radius 2 is 2.00 bits per heavy atom. The zero-order valence-corrected chi connectivity index (χ0v) is 7.74. The Morgan fingerprint density at radius 1 is 1.42 bits per heavy atom. The lowest BCUT2D eigenvalue weighted by molar-refractivity contribution is 0.0782. The topological polar surface area (TPSA) is 46.5 Å². The van der Waals surface area contributed by atoms with Gasteiger partial charge in [-0.05, 0) is 17.7 Å². The summed E-state index contributed by atoms with van der Waals surface area (Å²) in [6.45, 7) is -0.0242. The zero-order valence-electron chi connectivity index (χ0n) is 6.16. The summed E-state index contributed by atoms with van der Waals surface area (Å²) in [5, 5.41) is 8.70. The third kappa shape index (κ3) is 2.06. The summed E-state index contributed by atoms with van der Waals surface area (Å²) in [5.41, 5.74) is 1.21. The van der Waals surface area contributed by atoms with Crippen LogP contribution in [-0.4, -0.2) is 11.1 Å². The summed E-state index contributed by atoms with van der Waals surface area (Å²) in [6, 6.07) is 6.52. The van der Waals surface area contributed by atoms with Gasteiger partial charge in [0.1, 0.15) is 0 Å². The Morgan fingerprint density at radius 3 is 2.42 bits per heavy atom. The first-order chi connectivity index (χ1) is 5.77. The molecule has 0 fully saturated rings. The Hall–Kier alpha value is -0.870. The molecule has 0 unspecified atom stereocenters. The molecule has 0 bridgehead atoms. The molecular formula is C8H7BrO3. The van der Waals surface area contributed by atoms with Crippen LogP contribution in [0.4, 0.5) is 0 Å². The van der Waals surface area contributed by atoms with E-state index in [9.17, 15) is 4.79 Å². The van der Waals surface area contributed by atoms with Crippen LogP contribution in [0.15, 0.2) is 24.3 Å². The number of aliphatic hydroxyl groups excluding tert-OH is 1. The molecule has 4 heteroatoms. The molecule has 0 saturated heterocycles. The number of carbonyl (C=O) groups is 1. The SMILES string of the molecule is O=C(OBr)c1ccc(CO)cc1. The van der Waals surface area contributed by atoms with Gasteiger partial charge in [0.2, 0.25) is 0 Å². The molecule has 64 valence electrons. The fourth-order valence-electron chi connectivity index (χ4n) is 0.791. The number of aliphatic hydroxyl groups is 1. The minimum atomic E-state index is -0.445. The van der Waals surface area contributed by atoms with E-state index in [-0.39, 0.29) is 6.61 Å². The third-order valence-electron chi connectivity index (χ3n) is 1.44. The Bertz CT molecular complexity index is 268.